The first kappa shape index (κ1) is 25.7. The van der Waals surface area contributed by atoms with E-state index in [1.807, 2.05) is 18.2 Å². The van der Waals surface area contributed by atoms with Crippen molar-refractivity contribution in [2.45, 2.75) is 51.9 Å². The molecule has 31 heavy (non-hydrogen) atoms. The number of hydrogen-bond donors (Lipinski definition) is 3. The molecule has 0 aliphatic heterocycles. The van der Waals surface area contributed by atoms with Gasteiger partial charge in [0.05, 0.1) is 0 Å². The van der Waals surface area contributed by atoms with Crippen LogP contribution in [0.1, 0.15) is 39.2 Å². The maximum Gasteiger partial charge on any atom is 0.408 e. The third kappa shape index (κ3) is 12.0. The van der Waals surface area contributed by atoms with Gasteiger partial charge in [0.25, 0.3) is 0 Å². The summed E-state index contributed by atoms with van der Waals surface area (Å²) >= 11 is 0. The van der Waals surface area contributed by atoms with E-state index < -0.39 is 23.7 Å². The Kier molecular flexibility index (Phi) is 10.8. The number of carbonyl (C=O) groups is 4. The smallest absolute Gasteiger partial charge is 0.408 e. The van der Waals surface area contributed by atoms with Crippen LogP contribution in [0.4, 0.5) is 4.79 Å². The van der Waals surface area contributed by atoms with Gasteiger partial charge in [0.1, 0.15) is 18.2 Å². The first-order valence-corrected chi connectivity index (χ1v) is 9.97. The molecule has 0 heterocycles. The summed E-state index contributed by atoms with van der Waals surface area (Å²) in [4.78, 5) is 47.7. The van der Waals surface area contributed by atoms with Gasteiger partial charge in [0, 0.05) is 19.5 Å². The molecule has 0 radical (unpaired) electrons. The third-order valence-corrected chi connectivity index (χ3v) is 3.79. The lowest BCUT2D eigenvalue weighted by Gasteiger charge is -2.24. The Morgan fingerprint density at radius 2 is 1.71 bits per heavy atom. The largest absolute Gasteiger partial charge is 0.458 e. The fourth-order valence-corrected chi connectivity index (χ4v) is 2.35. The quantitative estimate of drug-likeness (QED) is 0.278. The van der Waals surface area contributed by atoms with E-state index >= 15 is 0 Å². The highest BCUT2D eigenvalue weighted by Crippen LogP contribution is 2.11. The monoisotopic (exact) mass is 433 g/mol. The van der Waals surface area contributed by atoms with E-state index in [0.717, 1.165) is 11.6 Å². The predicted octanol–water partition coefficient (Wildman–Crippen LogP) is 1.82. The van der Waals surface area contributed by atoms with Gasteiger partial charge < -0.3 is 25.4 Å². The molecule has 0 spiro atoms. The average molecular weight is 434 g/mol. The molecule has 9 heteroatoms. The van der Waals surface area contributed by atoms with Gasteiger partial charge in [-0.25, -0.2) is 9.59 Å². The van der Waals surface area contributed by atoms with E-state index in [4.69, 9.17) is 9.47 Å². The van der Waals surface area contributed by atoms with Crippen LogP contribution in [-0.2, 0) is 30.5 Å². The maximum atomic E-state index is 12.5. The number of nitrogens with one attached hydrogen (secondary N) is 3. The van der Waals surface area contributed by atoms with Crippen molar-refractivity contribution < 1.29 is 28.7 Å². The molecular weight excluding hydrogens is 402 g/mol. The van der Waals surface area contributed by atoms with Gasteiger partial charge in [-0.15, -0.1) is 0 Å². The number of rotatable bonds is 11. The molecule has 0 unspecified atom stereocenters. The number of alkyl carbamates (subject to hydrolysis) is 1. The van der Waals surface area contributed by atoms with Gasteiger partial charge in [0.2, 0.25) is 11.8 Å². The van der Waals surface area contributed by atoms with Gasteiger partial charge in [-0.05, 0) is 38.8 Å². The highest BCUT2D eigenvalue weighted by atomic mass is 16.6. The maximum absolute atomic E-state index is 12.5. The topological polar surface area (TPSA) is 123 Å². The molecule has 3 amide bonds. The van der Waals surface area contributed by atoms with Crippen molar-refractivity contribution in [1.82, 2.24) is 16.0 Å². The van der Waals surface area contributed by atoms with Gasteiger partial charge in [-0.1, -0.05) is 36.9 Å². The summed E-state index contributed by atoms with van der Waals surface area (Å²) in [5, 5.41) is 7.62. The number of hydrogen-bond acceptors (Lipinski definition) is 6. The number of ether oxygens (including phenoxy) is 2. The Morgan fingerprint density at radius 1 is 1.06 bits per heavy atom. The first-order chi connectivity index (χ1) is 14.6. The molecule has 1 rings (SSSR count). The summed E-state index contributed by atoms with van der Waals surface area (Å²) in [6.07, 6.45) is 0.348. The zero-order chi connectivity index (χ0) is 23.3. The second-order valence-electron chi connectivity index (χ2n) is 7.68. The van der Waals surface area contributed by atoms with Crippen molar-refractivity contribution in [1.29, 1.82) is 0 Å². The van der Waals surface area contributed by atoms with Crippen LogP contribution in [0.25, 0.3) is 0 Å². The average Bonchev–Trinajstić information content (AvgIpc) is 2.71. The minimum atomic E-state index is -1.05. The molecular formula is C22H31N3O6. The zero-order valence-electron chi connectivity index (χ0n) is 18.2. The van der Waals surface area contributed by atoms with E-state index in [0.29, 0.717) is 0 Å². The second kappa shape index (κ2) is 13.0. The summed E-state index contributed by atoms with van der Waals surface area (Å²) in [6, 6.07) is 8.05. The van der Waals surface area contributed by atoms with Crippen molar-refractivity contribution >= 4 is 23.9 Å². The summed E-state index contributed by atoms with van der Waals surface area (Å²) in [7, 11) is 0. The lowest BCUT2D eigenvalue weighted by Crippen LogP contribution is -2.45. The number of amides is 3. The Labute approximate surface area is 182 Å². The fourth-order valence-electron chi connectivity index (χ4n) is 2.35. The summed E-state index contributed by atoms with van der Waals surface area (Å²) in [6.45, 7) is 8.97. The van der Waals surface area contributed by atoms with Gasteiger partial charge in [-0.3, -0.25) is 9.59 Å². The van der Waals surface area contributed by atoms with E-state index in [9.17, 15) is 19.2 Å². The van der Waals surface area contributed by atoms with E-state index in [1.54, 1.807) is 32.9 Å². The van der Waals surface area contributed by atoms with Crippen molar-refractivity contribution in [3.63, 3.8) is 0 Å². The van der Waals surface area contributed by atoms with E-state index in [2.05, 4.69) is 22.5 Å². The van der Waals surface area contributed by atoms with Crippen LogP contribution in [0.2, 0.25) is 0 Å². The molecule has 1 aromatic rings. The molecule has 9 nitrogen and oxygen atoms in total. The molecule has 1 aromatic carbocycles. The van der Waals surface area contributed by atoms with Crippen molar-refractivity contribution in [3.8, 4) is 0 Å². The van der Waals surface area contributed by atoms with Crippen molar-refractivity contribution in [3.05, 3.63) is 48.6 Å². The van der Waals surface area contributed by atoms with Crippen LogP contribution in [0, 0.1) is 0 Å². The number of benzene rings is 1. The molecule has 1 atom stereocenters. The van der Waals surface area contributed by atoms with Crippen LogP contribution in [0.15, 0.2) is 43.0 Å². The molecule has 3 N–H and O–H groups in total. The Balaban J connectivity index is 2.55. The normalized spacial score (nSPS) is 11.6. The van der Waals surface area contributed by atoms with Crippen LogP contribution < -0.4 is 16.0 Å². The molecule has 0 aliphatic rings. The highest BCUT2D eigenvalue weighted by molar-refractivity contribution is 5.87. The molecule has 0 aliphatic carbocycles. The number of esters is 1. The lowest BCUT2D eigenvalue weighted by atomic mass is 10.1. The van der Waals surface area contributed by atoms with Crippen LogP contribution >= 0.6 is 0 Å². The van der Waals surface area contributed by atoms with E-state index in [1.165, 1.54) is 0 Å². The number of carbonyl (C=O) groups excluding carboxylic acids is 4. The lowest BCUT2D eigenvalue weighted by molar-refractivity contribution is -0.157. The van der Waals surface area contributed by atoms with Crippen molar-refractivity contribution in [2.24, 2.45) is 0 Å². The Hall–Kier alpha value is -3.36. The van der Waals surface area contributed by atoms with Crippen LogP contribution in [0.5, 0.6) is 0 Å². The first-order valence-electron chi connectivity index (χ1n) is 9.97. The van der Waals surface area contributed by atoms with Crippen LogP contribution in [-0.4, -0.2) is 48.6 Å². The predicted molar refractivity (Wildman–Crippen MR) is 115 cm³/mol. The van der Waals surface area contributed by atoms with Gasteiger partial charge >= 0.3 is 12.1 Å². The third-order valence-electron chi connectivity index (χ3n) is 3.79. The molecule has 0 aromatic heterocycles. The second-order valence-corrected chi connectivity index (χ2v) is 7.68. The SMILES string of the molecule is C=CC(=O)NCCNC(=O)CC[C@H](NC(=O)OCc1ccccc1)C(=O)OC(C)(C)C. The summed E-state index contributed by atoms with van der Waals surface area (Å²) in [5.41, 5.74) is 0.0470. The van der Waals surface area contributed by atoms with Gasteiger partial charge in [0.15, 0.2) is 0 Å². The molecule has 0 fully saturated rings. The fraction of sp³-hybridized carbons (Fsp3) is 0.455. The van der Waals surface area contributed by atoms with Gasteiger partial charge in [-0.2, -0.15) is 0 Å². The Morgan fingerprint density at radius 3 is 2.32 bits per heavy atom. The minimum Gasteiger partial charge on any atom is -0.458 e. The molecule has 0 bridgehead atoms. The van der Waals surface area contributed by atoms with Crippen molar-refractivity contribution in [2.75, 3.05) is 13.1 Å². The molecule has 0 saturated heterocycles. The highest BCUT2D eigenvalue weighted by Gasteiger charge is 2.27. The molecule has 0 saturated carbocycles. The Bertz CT molecular complexity index is 758. The van der Waals surface area contributed by atoms with Crippen LogP contribution in [0.3, 0.4) is 0 Å². The van der Waals surface area contributed by atoms with E-state index in [-0.39, 0.29) is 44.4 Å². The summed E-state index contributed by atoms with van der Waals surface area (Å²) < 4.78 is 10.5. The standard InChI is InChI=1S/C22H31N3O6/c1-5-18(26)23-13-14-24-19(27)12-11-17(20(28)31-22(2,3)4)25-21(29)30-15-16-9-7-6-8-10-16/h5-10,17H,1,11-15H2,2-4H3,(H,23,26)(H,24,27)(H,25,29)/t17-/m0/s1. The molecule has 170 valence electrons. The zero-order valence-corrected chi connectivity index (χ0v) is 18.2. The summed E-state index contributed by atoms with van der Waals surface area (Å²) in [5.74, 6) is -1.33. The minimum absolute atomic E-state index is 0.0280.